The molecule has 1 heterocycles. The summed E-state index contributed by atoms with van der Waals surface area (Å²) in [6, 6.07) is 12.1. The zero-order valence-corrected chi connectivity index (χ0v) is 23.7. The van der Waals surface area contributed by atoms with Crippen LogP contribution in [-0.2, 0) is 26.2 Å². The van der Waals surface area contributed by atoms with Gasteiger partial charge in [0.25, 0.3) is 0 Å². The molecule has 0 bridgehead atoms. The van der Waals surface area contributed by atoms with Crippen LogP contribution < -0.4 is 19.1 Å². The van der Waals surface area contributed by atoms with Crippen molar-refractivity contribution in [1.82, 2.24) is 10.2 Å². The third kappa shape index (κ3) is 7.40. The Morgan fingerprint density at radius 2 is 1.76 bits per heavy atom. The van der Waals surface area contributed by atoms with Crippen molar-refractivity contribution in [3.63, 3.8) is 0 Å². The first-order chi connectivity index (χ1) is 18.0. The van der Waals surface area contributed by atoms with Crippen molar-refractivity contribution in [3.05, 3.63) is 53.6 Å². The van der Waals surface area contributed by atoms with Gasteiger partial charge in [0.05, 0.1) is 11.9 Å². The standard InChI is InChI=1S/C28H39N3O6S/c1-6-21(4)29-28(33)24(7-2)30(18-22-12-9-8-11-20(22)3)27(32)13-10-16-31(38(5,34)35)23-14-15-25-26(17-23)37-19-36-25/h8-9,11-12,14-15,17,21,24H,6-7,10,13,16,18-19H2,1-5H3,(H,29,33). The molecule has 1 N–H and O–H groups in total. The van der Waals surface area contributed by atoms with Gasteiger partial charge in [-0.05, 0) is 56.4 Å². The zero-order valence-electron chi connectivity index (χ0n) is 22.9. The van der Waals surface area contributed by atoms with Gasteiger partial charge in [-0.25, -0.2) is 8.42 Å². The average molecular weight is 546 g/mol. The monoisotopic (exact) mass is 545 g/mol. The number of hydrogen-bond donors (Lipinski definition) is 1. The molecule has 10 heteroatoms. The van der Waals surface area contributed by atoms with Crippen LogP contribution in [0, 0.1) is 6.92 Å². The van der Waals surface area contributed by atoms with E-state index >= 15 is 0 Å². The van der Waals surface area contributed by atoms with Crippen LogP contribution in [0.2, 0.25) is 0 Å². The number of carbonyl (C=O) groups is 2. The molecule has 2 aromatic rings. The lowest BCUT2D eigenvalue weighted by Gasteiger charge is -2.32. The summed E-state index contributed by atoms with van der Waals surface area (Å²) in [5, 5.41) is 3.01. The molecule has 2 amide bonds. The van der Waals surface area contributed by atoms with Crippen LogP contribution in [0.15, 0.2) is 42.5 Å². The number of ether oxygens (including phenoxy) is 2. The quantitative estimate of drug-likeness (QED) is 0.408. The van der Waals surface area contributed by atoms with Crippen LogP contribution in [0.5, 0.6) is 11.5 Å². The second-order valence-electron chi connectivity index (χ2n) is 9.67. The minimum Gasteiger partial charge on any atom is -0.454 e. The minimum atomic E-state index is -3.61. The summed E-state index contributed by atoms with van der Waals surface area (Å²) in [4.78, 5) is 28.4. The molecule has 0 spiro atoms. The number of sulfonamides is 1. The Hall–Kier alpha value is -3.27. The summed E-state index contributed by atoms with van der Waals surface area (Å²) in [5.74, 6) is 0.667. The van der Waals surface area contributed by atoms with Crippen LogP contribution in [-0.4, -0.2) is 56.8 Å². The number of fused-ring (bicyclic) bond motifs is 1. The maximum absolute atomic E-state index is 13.6. The fourth-order valence-electron chi connectivity index (χ4n) is 4.38. The van der Waals surface area contributed by atoms with Crippen molar-refractivity contribution < 1.29 is 27.5 Å². The van der Waals surface area contributed by atoms with Crippen molar-refractivity contribution in [2.45, 2.75) is 72.0 Å². The molecule has 9 nitrogen and oxygen atoms in total. The number of rotatable bonds is 13. The molecular weight excluding hydrogens is 506 g/mol. The van der Waals surface area contributed by atoms with Crippen LogP contribution in [0.3, 0.4) is 0 Å². The first-order valence-corrected chi connectivity index (χ1v) is 14.9. The molecule has 0 aliphatic carbocycles. The van der Waals surface area contributed by atoms with E-state index in [0.717, 1.165) is 23.8 Å². The van der Waals surface area contributed by atoms with Gasteiger partial charge in [-0.2, -0.15) is 0 Å². The second-order valence-corrected chi connectivity index (χ2v) is 11.6. The van der Waals surface area contributed by atoms with E-state index in [0.29, 0.717) is 30.2 Å². The number of nitrogens with one attached hydrogen (secondary N) is 1. The highest BCUT2D eigenvalue weighted by atomic mass is 32.2. The van der Waals surface area contributed by atoms with Crippen LogP contribution in [0.4, 0.5) is 5.69 Å². The summed E-state index contributed by atoms with van der Waals surface area (Å²) in [6.45, 7) is 8.31. The minimum absolute atomic E-state index is 0.00279. The predicted molar refractivity (Wildman–Crippen MR) is 148 cm³/mol. The molecule has 3 rings (SSSR count). The SMILES string of the molecule is CCC(C)NC(=O)C(CC)N(Cc1ccccc1C)C(=O)CCCN(c1ccc2c(c1)OCO2)S(C)(=O)=O. The summed E-state index contributed by atoms with van der Waals surface area (Å²) in [7, 11) is -3.61. The number of amides is 2. The fraction of sp³-hybridized carbons (Fsp3) is 0.500. The maximum Gasteiger partial charge on any atom is 0.243 e. The van der Waals surface area contributed by atoms with Crippen molar-refractivity contribution in [1.29, 1.82) is 0 Å². The summed E-state index contributed by atoms with van der Waals surface area (Å²) >= 11 is 0. The number of carbonyl (C=O) groups excluding carboxylic acids is 2. The van der Waals surface area contributed by atoms with Gasteiger partial charge in [0.1, 0.15) is 6.04 Å². The molecular formula is C28H39N3O6S. The fourth-order valence-corrected chi connectivity index (χ4v) is 5.33. The van der Waals surface area contributed by atoms with Crippen molar-refractivity contribution in [2.24, 2.45) is 0 Å². The van der Waals surface area contributed by atoms with E-state index in [1.807, 2.05) is 52.0 Å². The number of anilines is 1. The largest absolute Gasteiger partial charge is 0.454 e. The Morgan fingerprint density at radius 1 is 1.05 bits per heavy atom. The van der Waals surface area contributed by atoms with E-state index in [9.17, 15) is 18.0 Å². The normalized spacial score (nSPS) is 14.0. The Kier molecular flexibility index (Phi) is 10.0. The number of nitrogens with zero attached hydrogens (tertiary/aromatic N) is 2. The molecule has 1 aliphatic rings. The Labute approximate surface area is 226 Å². The molecule has 0 aromatic heterocycles. The van der Waals surface area contributed by atoms with E-state index in [1.54, 1.807) is 23.1 Å². The lowest BCUT2D eigenvalue weighted by atomic mass is 10.0. The van der Waals surface area contributed by atoms with Gasteiger partial charge >= 0.3 is 0 Å². The topological polar surface area (TPSA) is 105 Å². The van der Waals surface area contributed by atoms with Crippen LogP contribution in [0.1, 0.15) is 57.6 Å². The predicted octanol–water partition coefficient (Wildman–Crippen LogP) is 3.99. The van der Waals surface area contributed by atoms with Gasteiger partial charge in [0, 0.05) is 31.6 Å². The van der Waals surface area contributed by atoms with E-state index < -0.39 is 16.1 Å². The Bertz CT molecular complexity index is 1230. The van der Waals surface area contributed by atoms with Gasteiger partial charge in [0.15, 0.2) is 11.5 Å². The molecule has 38 heavy (non-hydrogen) atoms. The zero-order chi connectivity index (χ0) is 27.9. The molecule has 1 aliphatic heterocycles. The highest BCUT2D eigenvalue weighted by Crippen LogP contribution is 2.36. The summed E-state index contributed by atoms with van der Waals surface area (Å²) < 4.78 is 37.2. The first-order valence-electron chi connectivity index (χ1n) is 13.1. The van der Waals surface area contributed by atoms with Gasteiger partial charge < -0.3 is 19.7 Å². The lowest BCUT2D eigenvalue weighted by Crippen LogP contribution is -2.50. The number of hydrogen-bond acceptors (Lipinski definition) is 6. The van der Waals surface area contributed by atoms with E-state index in [2.05, 4.69) is 5.32 Å². The van der Waals surface area contributed by atoms with Crippen LogP contribution >= 0.6 is 0 Å². The van der Waals surface area contributed by atoms with Crippen molar-refractivity contribution >= 4 is 27.5 Å². The van der Waals surface area contributed by atoms with Gasteiger partial charge in [-0.1, -0.05) is 38.1 Å². The van der Waals surface area contributed by atoms with Gasteiger partial charge in [0.2, 0.25) is 28.6 Å². The average Bonchev–Trinajstić information content (AvgIpc) is 3.34. The lowest BCUT2D eigenvalue weighted by molar-refractivity contribution is -0.141. The van der Waals surface area contributed by atoms with Crippen molar-refractivity contribution in [3.8, 4) is 11.5 Å². The molecule has 2 atom stereocenters. The molecule has 0 saturated heterocycles. The molecule has 0 saturated carbocycles. The van der Waals surface area contributed by atoms with Gasteiger partial charge in [-0.3, -0.25) is 13.9 Å². The third-order valence-electron chi connectivity index (χ3n) is 6.79. The number of aryl methyl sites for hydroxylation is 1. The smallest absolute Gasteiger partial charge is 0.243 e. The van der Waals surface area contributed by atoms with Crippen molar-refractivity contribution in [2.75, 3.05) is 23.9 Å². The molecule has 0 radical (unpaired) electrons. The van der Waals surface area contributed by atoms with E-state index in [-0.39, 0.29) is 44.0 Å². The highest BCUT2D eigenvalue weighted by Gasteiger charge is 2.30. The van der Waals surface area contributed by atoms with Crippen LogP contribution in [0.25, 0.3) is 0 Å². The number of benzene rings is 2. The first kappa shape index (κ1) is 29.3. The molecule has 2 aromatic carbocycles. The van der Waals surface area contributed by atoms with E-state index in [4.69, 9.17) is 9.47 Å². The second kappa shape index (κ2) is 13.0. The molecule has 0 fully saturated rings. The summed E-state index contributed by atoms with van der Waals surface area (Å²) in [5.41, 5.74) is 2.45. The Balaban J connectivity index is 1.77. The highest BCUT2D eigenvalue weighted by molar-refractivity contribution is 7.92. The van der Waals surface area contributed by atoms with E-state index in [1.165, 1.54) is 4.31 Å². The molecule has 208 valence electrons. The Morgan fingerprint density at radius 3 is 2.42 bits per heavy atom. The third-order valence-corrected chi connectivity index (χ3v) is 7.98. The van der Waals surface area contributed by atoms with Gasteiger partial charge in [-0.15, -0.1) is 0 Å². The molecule has 2 unspecified atom stereocenters. The summed E-state index contributed by atoms with van der Waals surface area (Å²) in [6.07, 6.45) is 2.77. The maximum atomic E-state index is 13.6.